The van der Waals surface area contributed by atoms with Crippen LogP contribution < -0.4 is 5.32 Å². The normalized spacial score (nSPS) is 13.2. The van der Waals surface area contributed by atoms with E-state index in [9.17, 15) is 0 Å². The van der Waals surface area contributed by atoms with Gasteiger partial charge in [-0.1, -0.05) is 0 Å². The Morgan fingerprint density at radius 1 is 1.30 bits per heavy atom. The molecule has 0 fully saturated rings. The monoisotopic (exact) mass is 339 g/mol. The standard InChI is InChI=1S/C14H22BrN5/c1-8(2)20-14(11(15)7-17-20)13(16-5)12-9(3)18-19(6)10(12)4/h7-8,13,16H,1-6H3. The smallest absolute Gasteiger partial charge is 0.0793 e. The van der Waals surface area contributed by atoms with Gasteiger partial charge in [-0.15, -0.1) is 0 Å². The molecule has 6 heteroatoms. The second-order valence-corrected chi connectivity index (χ2v) is 6.20. The summed E-state index contributed by atoms with van der Waals surface area (Å²) in [7, 11) is 3.95. The molecule has 0 saturated carbocycles. The number of hydrogen-bond donors (Lipinski definition) is 1. The highest BCUT2D eigenvalue weighted by atomic mass is 79.9. The van der Waals surface area contributed by atoms with Crippen LogP contribution in [0.5, 0.6) is 0 Å². The highest BCUT2D eigenvalue weighted by Crippen LogP contribution is 2.33. The van der Waals surface area contributed by atoms with Gasteiger partial charge in [-0.2, -0.15) is 10.2 Å². The van der Waals surface area contributed by atoms with Crippen LogP contribution in [0.4, 0.5) is 0 Å². The summed E-state index contributed by atoms with van der Waals surface area (Å²) < 4.78 is 5.00. The van der Waals surface area contributed by atoms with Crippen molar-refractivity contribution in [1.29, 1.82) is 0 Å². The van der Waals surface area contributed by atoms with E-state index in [1.807, 2.05) is 25.0 Å². The lowest BCUT2D eigenvalue weighted by Crippen LogP contribution is -2.24. The summed E-state index contributed by atoms with van der Waals surface area (Å²) in [6.45, 7) is 8.43. The van der Waals surface area contributed by atoms with Crippen LogP contribution in [0.25, 0.3) is 0 Å². The fourth-order valence-electron chi connectivity index (χ4n) is 2.66. The van der Waals surface area contributed by atoms with E-state index < -0.39 is 0 Å². The number of rotatable bonds is 4. The molecule has 2 heterocycles. The fraction of sp³-hybridized carbons (Fsp3) is 0.571. The van der Waals surface area contributed by atoms with Gasteiger partial charge in [0, 0.05) is 24.3 Å². The van der Waals surface area contributed by atoms with E-state index in [1.54, 1.807) is 0 Å². The Hall–Kier alpha value is -1.14. The van der Waals surface area contributed by atoms with E-state index in [0.29, 0.717) is 6.04 Å². The molecule has 20 heavy (non-hydrogen) atoms. The van der Waals surface area contributed by atoms with Gasteiger partial charge in [0.05, 0.1) is 28.1 Å². The summed E-state index contributed by atoms with van der Waals surface area (Å²) in [6, 6.07) is 0.382. The molecule has 2 aromatic heterocycles. The van der Waals surface area contributed by atoms with E-state index in [0.717, 1.165) is 15.9 Å². The maximum absolute atomic E-state index is 4.53. The van der Waals surface area contributed by atoms with Gasteiger partial charge >= 0.3 is 0 Å². The van der Waals surface area contributed by atoms with Crippen molar-refractivity contribution in [1.82, 2.24) is 24.9 Å². The molecule has 0 aromatic carbocycles. The van der Waals surface area contributed by atoms with Crippen molar-refractivity contribution < 1.29 is 0 Å². The van der Waals surface area contributed by atoms with Crippen molar-refractivity contribution in [3.8, 4) is 0 Å². The van der Waals surface area contributed by atoms with Gasteiger partial charge in [0.25, 0.3) is 0 Å². The van der Waals surface area contributed by atoms with Crippen molar-refractivity contribution in [2.24, 2.45) is 7.05 Å². The number of aryl methyl sites for hydroxylation is 2. The van der Waals surface area contributed by atoms with Crippen LogP contribution in [0, 0.1) is 13.8 Å². The van der Waals surface area contributed by atoms with Crippen molar-refractivity contribution >= 4 is 15.9 Å². The Morgan fingerprint density at radius 3 is 2.40 bits per heavy atom. The molecule has 1 atom stereocenters. The highest BCUT2D eigenvalue weighted by Gasteiger charge is 2.26. The van der Waals surface area contributed by atoms with Crippen molar-refractivity contribution in [2.45, 2.75) is 39.8 Å². The van der Waals surface area contributed by atoms with Crippen molar-refractivity contribution in [2.75, 3.05) is 7.05 Å². The average Bonchev–Trinajstić information content (AvgIpc) is 2.86. The number of nitrogens with one attached hydrogen (secondary N) is 1. The average molecular weight is 340 g/mol. The molecule has 1 unspecified atom stereocenters. The lowest BCUT2D eigenvalue weighted by Gasteiger charge is -2.21. The van der Waals surface area contributed by atoms with Crippen molar-refractivity contribution in [3.05, 3.63) is 33.3 Å². The van der Waals surface area contributed by atoms with Crippen LogP contribution in [-0.2, 0) is 7.05 Å². The van der Waals surface area contributed by atoms with Crippen LogP contribution in [0.2, 0.25) is 0 Å². The van der Waals surface area contributed by atoms with Crippen LogP contribution in [0.15, 0.2) is 10.7 Å². The minimum atomic E-state index is 0.0722. The Labute approximate surface area is 128 Å². The second kappa shape index (κ2) is 5.69. The maximum atomic E-state index is 4.53. The first-order valence-electron chi connectivity index (χ1n) is 6.78. The summed E-state index contributed by atoms with van der Waals surface area (Å²) >= 11 is 3.63. The van der Waals surface area contributed by atoms with Gasteiger partial charge in [0.15, 0.2) is 0 Å². The van der Waals surface area contributed by atoms with Gasteiger partial charge in [-0.05, 0) is 50.7 Å². The zero-order valence-electron chi connectivity index (χ0n) is 12.9. The number of halogens is 1. The molecule has 0 bridgehead atoms. The highest BCUT2D eigenvalue weighted by molar-refractivity contribution is 9.10. The predicted molar refractivity (Wildman–Crippen MR) is 83.9 cm³/mol. The molecule has 0 aliphatic carbocycles. The minimum Gasteiger partial charge on any atom is -0.308 e. The molecular weight excluding hydrogens is 318 g/mol. The molecule has 0 aliphatic heterocycles. The Morgan fingerprint density at radius 2 is 1.95 bits per heavy atom. The lowest BCUT2D eigenvalue weighted by atomic mass is 10.0. The predicted octanol–water partition coefficient (Wildman–Crippen LogP) is 2.89. The molecule has 0 spiro atoms. The van der Waals surface area contributed by atoms with Crippen LogP contribution in [0.3, 0.4) is 0 Å². The largest absolute Gasteiger partial charge is 0.308 e. The summed E-state index contributed by atoms with van der Waals surface area (Å²) in [4.78, 5) is 0. The number of aromatic nitrogens is 4. The first-order valence-corrected chi connectivity index (χ1v) is 7.58. The zero-order chi connectivity index (χ0) is 15.0. The van der Waals surface area contributed by atoms with Gasteiger partial charge < -0.3 is 5.32 Å². The summed E-state index contributed by atoms with van der Waals surface area (Å²) in [5.41, 5.74) is 4.58. The fourth-order valence-corrected chi connectivity index (χ4v) is 3.16. The van der Waals surface area contributed by atoms with Crippen LogP contribution in [-0.4, -0.2) is 26.6 Å². The quantitative estimate of drug-likeness (QED) is 0.931. The van der Waals surface area contributed by atoms with E-state index in [4.69, 9.17) is 0 Å². The van der Waals surface area contributed by atoms with Crippen molar-refractivity contribution in [3.63, 3.8) is 0 Å². The van der Waals surface area contributed by atoms with Gasteiger partial charge in [-0.3, -0.25) is 9.36 Å². The first kappa shape index (κ1) is 15.3. The third-order valence-corrected chi connectivity index (χ3v) is 4.30. The molecule has 2 rings (SSSR count). The third kappa shape index (κ3) is 2.42. The van der Waals surface area contributed by atoms with E-state index in [1.165, 1.54) is 11.3 Å². The summed E-state index contributed by atoms with van der Waals surface area (Å²) in [5.74, 6) is 0. The zero-order valence-corrected chi connectivity index (χ0v) is 14.5. The molecule has 0 aliphatic rings. The first-order chi connectivity index (χ1) is 9.38. The second-order valence-electron chi connectivity index (χ2n) is 5.35. The lowest BCUT2D eigenvalue weighted by molar-refractivity contribution is 0.482. The van der Waals surface area contributed by atoms with E-state index >= 15 is 0 Å². The Bertz CT molecular complexity index is 611. The Balaban J connectivity index is 2.61. The number of nitrogens with zero attached hydrogens (tertiary/aromatic N) is 4. The van der Waals surface area contributed by atoms with E-state index in [2.05, 4.69) is 63.8 Å². The summed E-state index contributed by atoms with van der Waals surface area (Å²) in [5, 5.41) is 12.4. The molecule has 0 amide bonds. The van der Waals surface area contributed by atoms with Gasteiger partial charge in [0.1, 0.15) is 0 Å². The molecule has 0 saturated heterocycles. The molecular formula is C14H22BrN5. The molecule has 2 aromatic rings. The van der Waals surface area contributed by atoms with Crippen LogP contribution >= 0.6 is 15.9 Å². The maximum Gasteiger partial charge on any atom is 0.0793 e. The minimum absolute atomic E-state index is 0.0722. The third-order valence-electron chi connectivity index (χ3n) is 3.69. The van der Waals surface area contributed by atoms with Gasteiger partial charge in [0.2, 0.25) is 0 Å². The Kier molecular flexibility index (Phi) is 4.34. The van der Waals surface area contributed by atoms with Crippen LogP contribution in [0.1, 0.15) is 48.6 Å². The summed E-state index contributed by atoms with van der Waals surface area (Å²) in [6.07, 6.45) is 1.86. The topological polar surface area (TPSA) is 47.7 Å². The number of hydrogen-bond acceptors (Lipinski definition) is 3. The van der Waals surface area contributed by atoms with Gasteiger partial charge in [-0.25, -0.2) is 0 Å². The molecule has 5 nitrogen and oxygen atoms in total. The molecule has 1 N–H and O–H groups in total. The molecule has 110 valence electrons. The molecule has 0 radical (unpaired) electrons. The SMILES string of the molecule is CNC(c1c(C)nn(C)c1C)c1c(Br)cnn1C(C)C. The van der Waals surface area contributed by atoms with E-state index in [-0.39, 0.29) is 6.04 Å².